The van der Waals surface area contributed by atoms with E-state index >= 15 is 0 Å². The monoisotopic (exact) mass is 269 g/mol. The Hall–Kier alpha value is -0.570. The van der Waals surface area contributed by atoms with Crippen LogP contribution in [-0.2, 0) is 0 Å². The molecule has 15 heavy (non-hydrogen) atoms. The van der Waals surface area contributed by atoms with Crippen LogP contribution in [0.1, 0.15) is 37.8 Å². The van der Waals surface area contributed by atoms with Crippen molar-refractivity contribution >= 4 is 15.9 Å². The first-order valence-corrected chi connectivity index (χ1v) is 6.35. The Labute approximate surface area is 99.2 Å². The van der Waals surface area contributed by atoms with E-state index in [1.54, 1.807) is 0 Å². The highest BCUT2D eigenvalue weighted by atomic mass is 79.9. The SMILES string of the molecule is Cc1nc(OC2CCCCC2)ccc1Br. The fraction of sp³-hybridized carbons (Fsp3) is 0.583. The van der Waals surface area contributed by atoms with Gasteiger partial charge in [0.2, 0.25) is 5.88 Å². The lowest BCUT2D eigenvalue weighted by molar-refractivity contribution is 0.148. The van der Waals surface area contributed by atoms with E-state index in [9.17, 15) is 0 Å². The van der Waals surface area contributed by atoms with E-state index in [-0.39, 0.29) is 0 Å². The number of halogens is 1. The van der Waals surface area contributed by atoms with Crippen molar-refractivity contribution in [2.45, 2.75) is 45.1 Å². The van der Waals surface area contributed by atoms with Crippen molar-refractivity contribution in [2.24, 2.45) is 0 Å². The normalized spacial score (nSPS) is 17.7. The van der Waals surface area contributed by atoms with Gasteiger partial charge in [0.15, 0.2) is 0 Å². The summed E-state index contributed by atoms with van der Waals surface area (Å²) in [6.45, 7) is 1.98. The maximum atomic E-state index is 5.86. The average Bonchev–Trinajstić information content (AvgIpc) is 2.25. The van der Waals surface area contributed by atoms with Crippen molar-refractivity contribution in [3.63, 3.8) is 0 Å². The molecule has 1 aromatic rings. The predicted octanol–water partition coefficient (Wildman–Crippen LogP) is 3.86. The molecule has 2 rings (SSSR count). The Balaban J connectivity index is 2.00. The lowest BCUT2D eigenvalue weighted by Gasteiger charge is -2.22. The zero-order valence-electron chi connectivity index (χ0n) is 9.00. The zero-order valence-corrected chi connectivity index (χ0v) is 10.6. The van der Waals surface area contributed by atoms with Gasteiger partial charge in [-0.1, -0.05) is 6.42 Å². The summed E-state index contributed by atoms with van der Waals surface area (Å²) in [6, 6.07) is 3.94. The van der Waals surface area contributed by atoms with Gasteiger partial charge >= 0.3 is 0 Å². The number of nitrogens with zero attached hydrogens (tertiary/aromatic N) is 1. The van der Waals surface area contributed by atoms with E-state index in [1.807, 2.05) is 19.1 Å². The van der Waals surface area contributed by atoms with Crippen LogP contribution in [0.15, 0.2) is 16.6 Å². The van der Waals surface area contributed by atoms with Gasteiger partial charge in [0.1, 0.15) is 6.10 Å². The maximum Gasteiger partial charge on any atom is 0.213 e. The molecule has 0 spiro atoms. The van der Waals surface area contributed by atoms with Crippen LogP contribution in [0.5, 0.6) is 5.88 Å². The van der Waals surface area contributed by atoms with Gasteiger partial charge < -0.3 is 4.74 Å². The summed E-state index contributed by atoms with van der Waals surface area (Å²) in [5.74, 6) is 0.766. The quantitative estimate of drug-likeness (QED) is 0.814. The predicted molar refractivity (Wildman–Crippen MR) is 64.2 cm³/mol. The minimum atomic E-state index is 0.381. The largest absolute Gasteiger partial charge is 0.474 e. The van der Waals surface area contributed by atoms with Gasteiger partial charge in [0.05, 0.1) is 5.69 Å². The molecule has 1 saturated carbocycles. The van der Waals surface area contributed by atoms with Gasteiger partial charge in [-0.05, 0) is 54.6 Å². The average molecular weight is 270 g/mol. The highest BCUT2D eigenvalue weighted by Gasteiger charge is 2.15. The van der Waals surface area contributed by atoms with E-state index in [4.69, 9.17) is 4.74 Å². The van der Waals surface area contributed by atoms with Crippen LogP contribution in [0.2, 0.25) is 0 Å². The third-order valence-corrected chi connectivity index (χ3v) is 3.67. The molecule has 2 nitrogen and oxygen atoms in total. The van der Waals surface area contributed by atoms with Crippen LogP contribution in [0.4, 0.5) is 0 Å². The molecule has 0 saturated heterocycles. The highest BCUT2D eigenvalue weighted by Crippen LogP contribution is 2.24. The minimum Gasteiger partial charge on any atom is -0.474 e. The second-order valence-electron chi connectivity index (χ2n) is 4.09. The second kappa shape index (κ2) is 4.97. The molecule has 0 bridgehead atoms. The Morgan fingerprint density at radius 2 is 2.00 bits per heavy atom. The summed E-state index contributed by atoms with van der Waals surface area (Å²) in [5.41, 5.74) is 0.989. The number of aryl methyl sites for hydroxylation is 1. The van der Waals surface area contributed by atoms with Gasteiger partial charge in [-0.25, -0.2) is 4.98 Å². The maximum absolute atomic E-state index is 5.86. The van der Waals surface area contributed by atoms with Crippen LogP contribution in [0, 0.1) is 6.92 Å². The molecule has 1 aliphatic rings. The molecule has 0 aliphatic heterocycles. The van der Waals surface area contributed by atoms with Crippen LogP contribution in [0.25, 0.3) is 0 Å². The Morgan fingerprint density at radius 3 is 2.67 bits per heavy atom. The van der Waals surface area contributed by atoms with E-state index in [1.165, 1.54) is 32.1 Å². The van der Waals surface area contributed by atoms with Crippen molar-refractivity contribution in [3.8, 4) is 5.88 Å². The smallest absolute Gasteiger partial charge is 0.213 e. The molecule has 1 heterocycles. The van der Waals surface area contributed by atoms with E-state index < -0.39 is 0 Å². The first-order valence-electron chi connectivity index (χ1n) is 5.55. The summed E-state index contributed by atoms with van der Waals surface area (Å²) in [7, 11) is 0. The molecule has 0 N–H and O–H groups in total. The van der Waals surface area contributed by atoms with Crippen LogP contribution in [0.3, 0.4) is 0 Å². The number of aromatic nitrogens is 1. The summed E-state index contributed by atoms with van der Waals surface area (Å²) in [6.07, 6.45) is 6.67. The number of rotatable bonds is 2. The van der Waals surface area contributed by atoms with Crippen molar-refractivity contribution in [3.05, 3.63) is 22.3 Å². The zero-order chi connectivity index (χ0) is 10.7. The molecule has 0 unspecified atom stereocenters. The number of pyridine rings is 1. The van der Waals surface area contributed by atoms with Crippen LogP contribution < -0.4 is 4.74 Å². The summed E-state index contributed by atoms with van der Waals surface area (Å²) in [5, 5.41) is 0. The van der Waals surface area contributed by atoms with Crippen molar-refractivity contribution < 1.29 is 4.74 Å². The molecular weight excluding hydrogens is 254 g/mol. The summed E-state index contributed by atoms with van der Waals surface area (Å²) >= 11 is 3.44. The van der Waals surface area contributed by atoms with Gasteiger partial charge in [0, 0.05) is 10.5 Å². The molecule has 3 heteroatoms. The van der Waals surface area contributed by atoms with Gasteiger partial charge in [-0.15, -0.1) is 0 Å². The minimum absolute atomic E-state index is 0.381. The molecule has 1 fully saturated rings. The molecule has 82 valence electrons. The van der Waals surface area contributed by atoms with Crippen LogP contribution in [-0.4, -0.2) is 11.1 Å². The van der Waals surface area contributed by atoms with Crippen molar-refractivity contribution in [1.82, 2.24) is 4.98 Å². The van der Waals surface area contributed by atoms with E-state index in [0.29, 0.717) is 6.10 Å². The molecular formula is C12H16BrNO. The molecule has 0 aromatic carbocycles. The fourth-order valence-corrected chi connectivity index (χ4v) is 2.16. The van der Waals surface area contributed by atoms with E-state index in [2.05, 4.69) is 20.9 Å². The standard InChI is InChI=1S/C12H16BrNO/c1-9-11(13)7-8-12(14-9)15-10-5-3-2-4-6-10/h7-8,10H,2-6H2,1H3. The summed E-state index contributed by atoms with van der Waals surface area (Å²) in [4.78, 5) is 4.40. The number of ether oxygens (including phenoxy) is 1. The van der Waals surface area contributed by atoms with Crippen LogP contribution >= 0.6 is 15.9 Å². The number of hydrogen-bond donors (Lipinski definition) is 0. The highest BCUT2D eigenvalue weighted by molar-refractivity contribution is 9.10. The van der Waals surface area contributed by atoms with Gasteiger partial charge in [-0.2, -0.15) is 0 Å². The Bertz CT molecular complexity index is 334. The topological polar surface area (TPSA) is 22.1 Å². The van der Waals surface area contributed by atoms with Crippen molar-refractivity contribution in [1.29, 1.82) is 0 Å². The first kappa shape index (κ1) is 10.9. The third kappa shape index (κ3) is 2.94. The van der Waals surface area contributed by atoms with Crippen molar-refractivity contribution in [2.75, 3.05) is 0 Å². The lowest BCUT2D eigenvalue weighted by atomic mass is 9.98. The third-order valence-electron chi connectivity index (χ3n) is 2.84. The molecule has 0 atom stereocenters. The molecule has 0 amide bonds. The van der Waals surface area contributed by atoms with Gasteiger partial charge in [-0.3, -0.25) is 0 Å². The second-order valence-corrected chi connectivity index (χ2v) is 4.95. The molecule has 1 aliphatic carbocycles. The molecule has 1 aromatic heterocycles. The molecule has 0 radical (unpaired) electrons. The number of hydrogen-bond acceptors (Lipinski definition) is 2. The van der Waals surface area contributed by atoms with Gasteiger partial charge in [0.25, 0.3) is 0 Å². The Kier molecular flexibility index (Phi) is 3.62. The fourth-order valence-electron chi connectivity index (χ4n) is 1.94. The lowest BCUT2D eigenvalue weighted by Crippen LogP contribution is -2.20. The summed E-state index contributed by atoms with van der Waals surface area (Å²) < 4.78 is 6.90. The Morgan fingerprint density at radius 1 is 1.27 bits per heavy atom. The first-order chi connectivity index (χ1) is 7.25. The van der Waals surface area contributed by atoms with E-state index in [0.717, 1.165) is 16.0 Å².